The van der Waals surface area contributed by atoms with Gasteiger partial charge >= 0.3 is 0 Å². The van der Waals surface area contributed by atoms with E-state index in [1.807, 2.05) is 4.90 Å². The topological polar surface area (TPSA) is 69.6 Å². The van der Waals surface area contributed by atoms with Crippen molar-refractivity contribution in [2.75, 3.05) is 26.2 Å². The van der Waals surface area contributed by atoms with E-state index in [-0.39, 0.29) is 30.3 Å². The van der Waals surface area contributed by atoms with E-state index in [0.717, 1.165) is 13.0 Å². The number of amides is 2. The van der Waals surface area contributed by atoms with Gasteiger partial charge in [0.2, 0.25) is 11.8 Å². The second-order valence-electron chi connectivity index (χ2n) is 3.88. The molecule has 0 radical (unpaired) electrons. The maximum Gasteiger partial charge on any atom is 0.231 e. The van der Waals surface area contributed by atoms with Crippen molar-refractivity contribution in [3.05, 3.63) is 0 Å². The monoisotopic (exact) mass is 198 g/mol. The number of hydrogen-bond donors (Lipinski definition) is 2. The van der Waals surface area contributed by atoms with Crippen molar-refractivity contribution in [2.24, 2.45) is 11.8 Å². The van der Waals surface area contributed by atoms with Crippen molar-refractivity contribution in [1.29, 1.82) is 0 Å². The summed E-state index contributed by atoms with van der Waals surface area (Å²) in [5.74, 6) is -0.591. The highest BCUT2D eigenvalue weighted by Gasteiger charge is 2.44. The minimum atomic E-state index is -0.192. The number of hydrogen-bond acceptors (Lipinski definition) is 4. The predicted octanol–water partition coefficient (Wildman–Crippen LogP) is -1.43. The van der Waals surface area contributed by atoms with Gasteiger partial charge in [-0.1, -0.05) is 0 Å². The minimum absolute atomic E-state index is 0.104. The molecule has 0 bridgehead atoms. The van der Waals surface area contributed by atoms with Crippen LogP contribution in [0, 0.1) is 11.8 Å². The Hall–Kier alpha value is -0.940. The molecule has 0 saturated carbocycles. The summed E-state index contributed by atoms with van der Waals surface area (Å²) >= 11 is 0. The fourth-order valence-electron chi connectivity index (χ4n) is 2.25. The number of carbonyl (C=O) groups excluding carboxylic acids is 2. The Bertz CT molecular complexity index is 267. The van der Waals surface area contributed by atoms with Crippen LogP contribution in [0.2, 0.25) is 0 Å². The fourth-order valence-corrected chi connectivity index (χ4v) is 2.25. The van der Waals surface area contributed by atoms with E-state index in [1.54, 1.807) is 0 Å². The zero-order valence-corrected chi connectivity index (χ0v) is 7.90. The highest BCUT2D eigenvalue weighted by Crippen LogP contribution is 2.27. The van der Waals surface area contributed by atoms with Gasteiger partial charge < -0.3 is 10.0 Å². The maximum atomic E-state index is 11.3. The largest absolute Gasteiger partial charge is 0.395 e. The summed E-state index contributed by atoms with van der Waals surface area (Å²) in [5, 5.41) is 11.1. The first kappa shape index (κ1) is 9.61. The lowest BCUT2D eigenvalue weighted by molar-refractivity contribution is -0.126. The molecule has 2 heterocycles. The maximum absolute atomic E-state index is 11.3. The number of aliphatic hydroxyl groups excluding tert-OH is 1. The van der Waals surface area contributed by atoms with Crippen molar-refractivity contribution in [2.45, 2.75) is 6.42 Å². The molecule has 2 N–H and O–H groups in total. The number of β-amino-alcohol motifs (C(OH)–C–C–N with tert-alkyl or cyclic N) is 1. The van der Waals surface area contributed by atoms with E-state index in [9.17, 15) is 9.59 Å². The molecule has 5 heteroatoms. The molecule has 2 saturated heterocycles. The molecule has 2 aliphatic heterocycles. The van der Waals surface area contributed by atoms with Crippen LogP contribution >= 0.6 is 0 Å². The van der Waals surface area contributed by atoms with E-state index < -0.39 is 0 Å². The van der Waals surface area contributed by atoms with Gasteiger partial charge in [0.1, 0.15) is 0 Å². The lowest BCUT2D eigenvalue weighted by Gasteiger charge is -2.31. The molecule has 0 aromatic rings. The fraction of sp³-hybridized carbons (Fsp3) is 0.778. The molecule has 2 fully saturated rings. The molecular formula is C9H14N2O3. The van der Waals surface area contributed by atoms with Crippen LogP contribution in [0.15, 0.2) is 0 Å². The lowest BCUT2D eigenvalue weighted by Crippen LogP contribution is -2.42. The SMILES string of the molecule is O=C1NC(=O)[C@@H]2CCN(CCO)C[C@H]12. The number of rotatable bonds is 2. The summed E-state index contributed by atoms with van der Waals surface area (Å²) in [4.78, 5) is 24.7. The number of fused-ring (bicyclic) bond motifs is 1. The van der Waals surface area contributed by atoms with Crippen molar-refractivity contribution in [3.8, 4) is 0 Å². The number of nitrogens with one attached hydrogen (secondary N) is 1. The molecule has 5 nitrogen and oxygen atoms in total. The average Bonchev–Trinajstić information content (AvgIpc) is 2.43. The summed E-state index contributed by atoms with van der Waals surface area (Å²) in [5.41, 5.74) is 0. The highest BCUT2D eigenvalue weighted by atomic mass is 16.3. The average molecular weight is 198 g/mol. The molecule has 2 rings (SSSR count). The second kappa shape index (κ2) is 3.67. The van der Waals surface area contributed by atoms with E-state index >= 15 is 0 Å². The van der Waals surface area contributed by atoms with Crippen molar-refractivity contribution < 1.29 is 14.7 Å². The van der Waals surface area contributed by atoms with Gasteiger partial charge in [0, 0.05) is 13.1 Å². The quantitative estimate of drug-likeness (QED) is 0.534. The third-order valence-corrected chi connectivity index (χ3v) is 3.03. The van der Waals surface area contributed by atoms with Gasteiger partial charge in [-0.2, -0.15) is 0 Å². The zero-order chi connectivity index (χ0) is 10.1. The van der Waals surface area contributed by atoms with Crippen molar-refractivity contribution in [1.82, 2.24) is 10.2 Å². The molecule has 0 aliphatic carbocycles. The Balaban J connectivity index is 2.02. The molecule has 0 spiro atoms. The molecule has 0 aromatic carbocycles. The van der Waals surface area contributed by atoms with Crippen molar-refractivity contribution in [3.63, 3.8) is 0 Å². The Labute approximate surface area is 82.1 Å². The van der Waals surface area contributed by atoms with Gasteiger partial charge in [0.15, 0.2) is 0 Å². The van der Waals surface area contributed by atoms with Crippen LogP contribution in [0.1, 0.15) is 6.42 Å². The van der Waals surface area contributed by atoms with Crippen LogP contribution in [0.5, 0.6) is 0 Å². The van der Waals surface area contributed by atoms with Gasteiger partial charge in [-0.3, -0.25) is 14.9 Å². The molecule has 14 heavy (non-hydrogen) atoms. The summed E-state index contributed by atoms with van der Waals surface area (Å²) in [6.45, 7) is 2.09. The Kier molecular flexibility index (Phi) is 2.52. The Morgan fingerprint density at radius 2 is 2.07 bits per heavy atom. The number of nitrogens with zero attached hydrogens (tertiary/aromatic N) is 1. The molecule has 2 atom stereocenters. The van der Waals surface area contributed by atoms with Gasteiger partial charge in [0.05, 0.1) is 18.4 Å². The summed E-state index contributed by atoms with van der Waals surface area (Å²) in [6, 6.07) is 0. The zero-order valence-electron chi connectivity index (χ0n) is 7.90. The standard InChI is InChI=1S/C9H14N2O3/c12-4-3-11-2-1-6-7(5-11)9(14)10-8(6)13/h6-7,12H,1-5H2,(H,10,13,14)/t6-,7+/m1/s1. The van der Waals surface area contributed by atoms with Crippen LogP contribution in [0.4, 0.5) is 0 Å². The number of aliphatic hydroxyl groups is 1. The number of carbonyl (C=O) groups is 2. The first-order valence-corrected chi connectivity index (χ1v) is 4.90. The summed E-state index contributed by atoms with van der Waals surface area (Å²) in [6.07, 6.45) is 0.724. The van der Waals surface area contributed by atoms with Crippen LogP contribution in [0.25, 0.3) is 0 Å². The Morgan fingerprint density at radius 1 is 1.36 bits per heavy atom. The van der Waals surface area contributed by atoms with Crippen LogP contribution in [-0.2, 0) is 9.59 Å². The lowest BCUT2D eigenvalue weighted by atomic mass is 9.88. The smallest absolute Gasteiger partial charge is 0.231 e. The molecule has 2 aliphatic rings. The van der Waals surface area contributed by atoms with Crippen molar-refractivity contribution >= 4 is 11.8 Å². The van der Waals surface area contributed by atoms with E-state index in [4.69, 9.17) is 5.11 Å². The normalized spacial score (nSPS) is 32.9. The number of imide groups is 1. The molecule has 0 aromatic heterocycles. The minimum Gasteiger partial charge on any atom is -0.395 e. The predicted molar refractivity (Wildman–Crippen MR) is 48.3 cm³/mol. The summed E-state index contributed by atoms with van der Waals surface area (Å²) < 4.78 is 0. The molecule has 2 amide bonds. The molecule has 78 valence electrons. The van der Waals surface area contributed by atoms with E-state index in [0.29, 0.717) is 13.1 Å². The molecule has 0 unspecified atom stereocenters. The first-order chi connectivity index (χ1) is 6.72. The van der Waals surface area contributed by atoms with Crippen LogP contribution in [0.3, 0.4) is 0 Å². The summed E-state index contributed by atoms with van der Waals surface area (Å²) in [7, 11) is 0. The van der Waals surface area contributed by atoms with Crippen LogP contribution < -0.4 is 5.32 Å². The van der Waals surface area contributed by atoms with Gasteiger partial charge in [-0.15, -0.1) is 0 Å². The van der Waals surface area contributed by atoms with Gasteiger partial charge in [-0.25, -0.2) is 0 Å². The second-order valence-corrected chi connectivity index (χ2v) is 3.88. The first-order valence-electron chi connectivity index (χ1n) is 4.90. The van der Waals surface area contributed by atoms with Gasteiger partial charge in [0.25, 0.3) is 0 Å². The van der Waals surface area contributed by atoms with Gasteiger partial charge in [-0.05, 0) is 13.0 Å². The third kappa shape index (κ3) is 1.53. The molecular weight excluding hydrogens is 184 g/mol. The number of likely N-dealkylation sites (tertiary alicyclic amines) is 1. The third-order valence-electron chi connectivity index (χ3n) is 3.03. The van der Waals surface area contributed by atoms with E-state index in [2.05, 4.69) is 5.32 Å². The highest BCUT2D eigenvalue weighted by molar-refractivity contribution is 6.05. The number of piperidine rings is 1. The van der Waals surface area contributed by atoms with E-state index in [1.165, 1.54) is 0 Å². The van der Waals surface area contributed by atoms with Crippen LogP contribution in [-0.4, -0.2) is 48.1 Å². The Morgan fingerprint density at radius 3 is 2.79 bits per heavy atom.